The van der Waals surface area contributed by atoms with Gasteiger partial charge < -0.3 is 50.5 Å². The normalized spacial score (nSPS) is 9.54. The maximum atomic E-state index is 12.1. The van der Waals surface area contributed by atoms with Gasteiger partial charge in [0.05, 0.1) is 45.8 Å². The summed E-state index contributed by atoms with van der Waals surface area (Å²) in [6.07, 6.45) is 0.493. The van der Waals surface area contributed by atoms with Gasteiger partial charge in [-0.15, -0.1) is 0 Å². The number of carbonyl (C=O) groups excluding carboxylic acids is 8. The van der Waals surface area contributed by atoms with Gasteiger partial charge in [0.15, 0.2) is 0 Å². The van der Waals surface area contributed by atoms with E-state index >= 15 is 0 Å². The van der Waals surface area contributed by atoms with E-state index in [2.05, 4.69) is 16.0 Å². The third kappa shape index (κ3) is 23.5. The molecule has 0 saturated heterocycles. The van der Waals surface area contributed by atoms with E-state index in [0.717, 1.165) is 14.7 Å². The van der Waals surface area contributed by atoms with Gasteiger partial charge in [-0.2, -0.15) is 0 Å². The molecule has 0 atom stereocenters. The van der Waals surface area contributed by atoms with Crippen molar-refractivity contribution in [2.75, 3.05) is 108 Å². The third-order valence-corrected chi connectivity index (χ3v) is 5.91. The lowest BCUT2D eigenvalue weighted by molar-refractivity contribution is -0.142. The first-order valence-corrected chi connectivity index (χ1v) is 15.2. The Hall–Kier alpha value is -4.81. The van der Waals surface area contributed by atoms with E-state index in [1.165, 1.54) is 57.0 Å². The Morgan fingerprint density at radius 3 is 1.23 bits per heavy atom. The Morgan fingerprint density at radius 1 is 0.521 bits per heavy atom. The van der Waals surface area contributed by atoms with Gasteiger partial charge in [0, 0.05) is 48.8 Å². The molecule has 0 aromatic rings. The van der Waals surface area contributed by atoms with Crippen LogP contribution < -0.4 is 16.0 Å². The van der Waals surface area contributed by atoms with E-state index in [1.807, 2.05) is 20.8 Å². The van der Waals surface area contributed by atoms with Crippen molar-refractivity contribution < 1.29 is 48.3 Å². The summed E-state index contributed by atoms with van der Waals surface area (Å²) in [5, 5.41) is 16.0. The first-order valence-electron chi connectivity index (χ1n) is 15.2. The van der Waals surface area contributed by atoms with Crippen molar-refractivity contribution in [1.29, 1.82) is 0 Å². The van der Waals surface area contributed by atoms with Gasteiger partial charge in [0.2, 0.25) is 47.8 Å². The minimum atomic E-state index is -1.19. The van der Waals surface area contributed by atoms with E-state index in [-0.39, 0.29) is 69.4 Å². The topological polar surface area (TPSA) is 229 Å². The lowest BCUT2D eigenvalue weighted by atomic mass is 10.4. The van der Waals surface area contributed by atoms with Gasteiger partial charge in [0.1, 0.15) is 6.54 Å². The highest BCUT2D eigenvalue weighted by molar-refractivity contribution is 5.91. The molecule has 0 rings (SSSR count). The molecule has 0 aromatic heterocycles. The summed E-state index contributed by atoms with van der Waals surface area (Å²) in [6, 6.07) is 0. The molecule has 48 heavy (non-hydrogen) atoms. The third-order valence-electron chi connectivity index (χ3n) is 5.91. The molecule has 0 aliphatic rings. The van der Waals surface area contributed by atoms with Crippen LogP contribution >= 0.6 is 0 Å². The van der Waals surface area contributed by atoms with Crippen LogP contribution in [0.4, 0.5) is 0 Å². The zero-order valence-electron chi connectivity index (χ0n) is 30.0. The van der Waals surface area contributed by atoms with Gasteiger partial charge in [-0.1, -0.05) is 20.8 Å². The summed E-state index contributed by atoms with van der Waals surface area (Å²) in [4.78, 5) is 110. The molecule has 19 nitrogen and oxygen atoms in total. The minimum Gasteiger partial charge on any atom is -0.480 e. The lowest BCUT2D eigenvalue weighted by Crippen LogP contribution is -2.47. The van der Waals surface area contributed by atoms with Crippen molar-refractivity contribution in [3.05, 3.63) is 0 Å². The summed E-state index contributed by atoms with van der Waals surface area (Å²) in [5.74, 6) is -3.86. The second kappa shape index (κ2) is 27.3. The van der Waals surface area contributed by atoms with Gasteiger partial charge in [0.25, 0.3) is 0 Å². The highest BCUT2D eigenvalue weighted by atomic mass is 16.4. The zero-order valence-corrected chi connectivity index (χ0v) is 30.0. The second-order valence-electron chi connectivity index (χ2n) is 10.2. The Labute approximate surface area is 282 Å². The van der Waals surface area contributed by atoms with Crippen LogP contribution in [0.3, 0.4) is 0 Å². The van der Waals surface area contributed by atoms with Crippen LogP contribution in [-0.4, -0.2) is 196 Å². The van der Waals surface area contributed by atoms with E-state index in [1.54, 1.807) is 6.92 Å². The fourth-order valence-corrected chi connectivity index (χ4v) is 3.06. The summed E-state index contributed by atoms with van der Waals surface area (Å²) in [7, 11) is 8.72. The van der Waals surface area contributed by atoms with E-state index in [0.29, 0.717) is 19.5 Å². The molecule has 8 amide bonds. The first kappa shape index (κ1) is 47.6. The summed E-state index contributed by atoms with van der Waals surface area (Å²) in [6.45, 7) is 7.43. The maximum Gasteiger partial charge on any atom is 0.322 e. The molecule has 0 aliphatic heterocycles. The molecule has 0 bridgehead atoms. The van der Waals surface area contributed by atoms with E-state index in [9.17, 15) is 43.2 Å². The molecule has 4 N–H and O–H groups in total. The van der Waals surface area contributed by atoms with Gasteiger partial charge in [-0.25, -0.2) is 0 Å². The number of likely N-dealkylation sites (N-methyl/N-ethyl adjacent to an activating group) is 8. The van der Waals surface area contributed by atoms with Crippen molar-refractivity contribution in [2.45, 2.75) is 27.7 Å². The predicted molar refractivity (Wildman–Crippen MR) is 176 cm³/mol. The minimum absolute atomic E-state index is 0.0597. The van der Waals surface area contributed by atoms with Crippen molar-refractivity contribution in [3.63, 3.8) is 0 Å². The fraction of sp³-hybridized carbons (Fsp3) is 0.690. The Morgan fingerprint density at radius 2 is 0.875 bits per heavy atom. The number of carboxylic acids is 1. The molecule has 0 heterocycles. The molecule has 19 heteroatoms. The molecule has 0 saturated carbocycles. The predicted octanol–water partition coefficient (Wildman–Crippen LogP) is -3.67. The molecular formula is C29H55N9O10. The summed E-state index contributed by atoms with van der Waals surface area (Å²) >= 11 is 0. The fourth-order valence-electron chi connectivity index (χ4n) is 3.06. The average molecular weight is 690 g/mol. The number of hydrogen-bond donors (Lipinski definition) is 4. The summed E-state index contributed by atoms with van der Waals surface area (Å²) < 4.78 is 0. The number of carboxylic acid groups (broad SMARTS) is 1. The average Bonchev–Trinajstić information content (AvgIpc) is 3.03. The highest BCUT2D eigenvalue weighted by Crippen LogP contribution is 1.95. The molecule has 0 spiro atoms. The van der Waals surface area contributed by atoms with Crippen LogP contribution in [0.5, 0.6) is 0 Å². The van der Waals surface area contributed by atoms with E-state index < -0.39 is 30.2 Å². The van der Waals surface area contributed by atoms with Crippen molar-refractivity contribution in [1.82, 2.24) is 45.3 Å². The monoisotopic (exact) mass is 689 g/mol. The van der Waals surface area contributed by atoms with E-state index in [4.69, 9.17) is 5.11 Å². The number of amides is 8. The SMILES string of the molecule is CC.CCNCC(=O)N(C)CC(=O)N(C)CC(=O)N(C)CC(=O)NCC.CN(C=O)CC(=O)N(C)CC(=O)N(C)CC(=O)NCC(=O)O. The largest absolute Gasteiger partial charge is 0.480 e. The first-order chi connectivity index (χ1) is 22.4. The Kier molecular flexibility index (Phi) is 27.1. The quantitative estimate of drug-likeness (QED) is 0.0966. The standard InChI is InChI=1S/C15H29N5O4.C12H20N4O6.C2H6/c1-6-16-8-13(22)19(4)10-15(24)20(5)11-14(23)18(3)9-12(21)17-7-2;1-14(8-17)6-10(19)16(3)7-11(20)15(2)5-9(18)13-4-12(21)22;1-2/h16H,6-11H2,1-5H3,(H,17,21);8H,4-7H2,1-3H3,(H,13,18)(H,21,22);1-2H3. The molecule has 276 valence electrons. The molecule has 0 aliphatic carbocycles. The molecule has 0 radical (unpaired) electrons. The zero-order chi connectivity index (χ0) is 38.0. The van der Waals surface area contributed by atoms with Crippen LogP contribution in [0.25, 0.3) is 0 Å². The number of nitrogens with one attached hydrogen (secondary N) is 3. The smallest absolute Gasteiger partial charge is 0.322 e. The maximum absolute atomic E-state index is 12.1. The van der Waals surface area contributed by atoms with Gasteiger partial charge in [-0.3, -0.25) is 43.2 Å². The summed E-state index contributed by atoms with van der Waals surface area (Å²) in [5.41, 5.74) is 0. The highest BCUT2D eigenvalue weighted by Gasteiger charge is 2.21. The van der Waals surface area contributed by atoms with Crippen LogP contribution in [0.15, 0.2) is 0 Å². The van der Waals surface area contributed by atoms with Crippen molar-refractivity contribution in [2.24, 2.45) is 0 Å². The molecular weight excluding hydrogens is 634 g/mol. The van der Waals surface area contributed by atoms with Crippen LogP contribution in [0.2, 0.25) is 0 Å². The van der Waals surface area contributed by atoms with Gasteiger partial charge in [-0.05, 0) is 13.5 Å². The van der Waals surface area contributed by atoms with Crippen molar-refractivity contribution in [3.8, 4) is 0 Å². The molecule has 0 aromatic carbocycles. The number of nitrogens with zero attached hydrogens (tertiary/aromatic N) is 6. The number of hydrogen-bond acceptors (Lipinski definition) is 10. The Balaban J connectivity index is -0.000000804. The van der Waals surface area contributed by atoms with Gasteiger partial charge >= 0.3 is 5.97 Å². The van der Waals surface area contributed by atoms with Crippen molar-refractivity contribution >= 4 is 53.7 Å². The Bertz CT molecular complexity index is 1070. The molecule has 0 unspecified atom stereocenters. The number of rotatable bonds is 19. The number of aliphatic carboxylic acids is 1. The lowest BCUT2D eigenvalue weighted by Gasteiger charge is -2.24. The van der Waals surface area contributed by atoms with Crippen LogP contribution in [0, 0.1) is 0 Å². The second-order valence-corrected chi connectivity index (χ2v) is 10.2. The molecule has 0 fully saturated rings. The van der Waals surface area contributed by atoms with Crippen LogP contribution in [-0.2, 0) is 43.2 Å². The number of carbonyl (C=O) groups is 9. The van der Waals surface area contributed by atoms with Crippen LogP contribution in [0.1, 0.15) is 27.7 Å².